The van der Waals surface area contributed by atoms with Crippen molar-refractivity contribution in [1.82, 2.24) is 20.2 Å². The molecule has 0 saturated heterocycles. The van der Waals surface area contributed by atoms with Crippen LogP contribution in [0.2, 0.25) is 5.15 Å². The first-order chi connectivity index (χ1) is 19.4. The fourth-order valence-corrected chi connectivity index (χ4v) is 4.67. The minimum Gasteiger partial charge on any atom is -0.493 e. The van der Waals surface area contributed by atoms with Gasteiger partial charge in [0.25, 0.3) is 5.91 Å². The molecule has 1 N–H and O–H groups in total. The zero-order valence-electron chi connectivity index (χ0n) is 22.3. The first-order valence-corrected chi connectivity index (χ1v) is 12.7. The molecule has 2 heterocycles. The van der Waals surface area contributed by atoms with E-state index in [9.17, 15) is 4.79 Å². The van der Waals surface area contributed by atoms with Crippen molar-refractivity contribution >= 4 is 34.6 Å². The molecule has 0 atom stereocenters. The van der Waals surface area contributed by atoms with E-state index in [4.69, 9.17) is 30.8 Å². The lowest BCUT2D eigenvalue weighted by Crippen LogP contribution is -2.18. The highest BCUT2D eigenvalue weighted by molar-refractivity contribution is 6.32. The number of benzene rings is 3. The molecule has 2 aromatic heterocycles. The maximum atomic E-state index is 13.4. The number of methoxy groups -OCH3 is 3. The third kappa shape index (κ3) is 5.06. The Morgan fingerprint density at radius 2 is 1.62 bits per heavy atom. The molecule has 5 aromatic rings. The minimum absolute atomic E-state index is 0.390. The van der Waals surface area contributed by atoms with Gasteiger partial charge in [-0.2, -0.15) is 10.2 Å². The van der Waals surface area contributed by atoms with E-state index in [-0.39, 0.29) is 0 Å². The van der Waals surface area contributed by atoms with E-state index in [2.05, 4.69) is 15.6 Å². The molecular formula is C30H26ClN5O4. The standard InChI is InChI=1S/C30H26ClN5O4/c1-18-23(29(31)36(35-18)20-10-6-5-7-11-20)17-32-34-30(37)22-16-25(33-24-13-9-8-12-21(22)24)19-14-26(38-2)28(40-4)27(15-19)39-3/h5-17H,1-4H3,(H,34,37). The van der Waals surface area contributed by atoms with Crippen LogP contribution >= 0.6 is 11.6 Å². The van der Waals surface area contributed by atoms with Crippen molar-refractivity contribution in [2.45, 2.75) is 6.92 Å². The van der Waals surface area contributed by atoms with Gasteiger partial charge in [-0.25, -0.2) is 15.1 Å². The van der Waals surface area contributed by atoms with Crippen molar-refractivity contribution in [2.75, 3.05) is 21.3 Å². The van der Waals surface area contributed by atoms with Crippen LogP contribution in [0.15, 0.2) is 77.9 Å². The molecule has 0 aliphatic heterocycles. The zero-order chi connectivity index (χ0) is 28.2. The third-order valence-corrected chi connectivity index (χ3v) is 6.69. The molecule has 3 aromatic carbocycles. The Kier molecular flexibility index (Phi) is 7.65. The van der Waals surface area contributed by atoms with E-state index in [1.165, 1.54) is 6.21 Å². The first-order valence-electron chi connectivity index (χ1n) is 12.3. The fraction of sp³-hybridized carbons (Fsp3) is 0.133. The van der Waals surface area contributed by atoms with Gasteiger partial charge in [-0.3, -0.25) is 4.79 Å². The van der Waals surface area contributed by atoms with Gasteiger partial charge in [-0.15, -0.1) is 0 Å². The lowest BCUT2D eigenvalue weighted by Gasteiger charge is -2.15. The second-order valence-corrected chi connectivity index (χ2v) is 9.08. The Hall–Kier alpha value is -4.89. The van der Waals surface area contributed by atoms with Gasteiger partial charge in [-0.05, 0) is 43.3 Å². The molecule has 0 radical (unpaired) electrons. The maximum absolute atomic E-state index is 13.4. The van der Waals surface area contributed by atoms with Crippen molar-refractivity contribution in [2.24, 2.45) is 5.10 Å². The number of ether oxygens (including phenoxy) is 3. The zero-order valence-corrected chi connectivity index (χ0v) is 23.1. The molecule has 1 amide bonds. The number of pyridine rings is 1. The minimum atomic E-state index is -0.409. The van der Waals surface area contributed by atoms with Crippen LogP contribution < -0.4 is 19.6 Å². The number of para-hydroxylation sites is 2. The molecule has 0 unspecified atom stereocenters. The molecule has 0 aliphatic rings. The van der Waals surface area contributed by atoms with Crippen molar-refractivity contribution in [3.8, 4) is 34.2 Å². The molecule has 0 bridgehead atoms. The molecule has 0 spiro atoms. The number of aromatic nitrogens is 3. The van der Waals surface area contributed by atoms with Gasteiger partial charge in [0.05, 0.1) is 61.3 Å². The summed E-state index contributed by atoms with van der Waals surface area (Å²) >= 11 is 6.59. The van der Waals surface area contributed by atoms with E-state index in [0.29, 0.717) is 61.4 Å². The number of hydrogen-bond donors (Lipinski definition) is 1. The monoisotopic (exact) mass is 555 g/mol. The highest BCUT2D eigenvalue weighted by Crippen LogP contribution is 2.41. The van der Waals surface area contributed by atoms with Crippen molar-refractivity contribution in [3.63, 3.8) is 0 Å². The average molecular weight is 556 g/mol. The Bertz CT molecular complexity index is 1710. The Labute approximate surface area is 236 Å². The predicted molar refractivity (Wildman–Crippen MR) is 155 cm³/mol. The number of carbonyl (C=O) groups excluding carboxylic acids is 1. The van der Waals surface area contributed by atoms with Crippen LogP contribution in [-0.4, -0.2) is 48.2 Å². The summed E-state index contributed by atoms with van der Waals surface area (Å²) < 4.78 is 18.1. The number of amides is 1. The second-order valence-electron chi connectivity index (χ2n) is 8.72. The number of carbonyl (C=O) groups is 1. The number of hydrogen-bond acceptors (Lipinski definition) is 7. The molecule has 5 rings (SSSR count). The summed E-state index contributed by atoms with van der Waals surface area (Å²) in [5.74, 6) is 1.01. The quantitative estimate of drug-likeness (QED) is 0.191. The van der Waals surface area contributed by atoms with Crippen molar-refractivity contribution in [1.29, 1.82) is 0 Å². The number of halogens is 1. The maximum Gasteiger partial charge on any atom is 0.272 e. The molecule has 202 valence electrons. The summed E-state index contributed by atoms with van der Waals surface area (Å²) in [6, 6.07) is 22.2. The molecule has 40 heavy (non-hydrogen) atoms. The van der Waals surface area contributed by atoms with E-state index in [1.807, 2.05) is 61.5 Å². The number of rotatable bonds is 8. The van der Waals surface area contributed by atoms with Crippen LogP contribution in [0, 0.1) is 6.92 Å². The lowest BCUT2D eigenvalue weighted by molar-refractivity contribution is 0.0956. The fourth-order valence-electron chi connectivity index (χ4n) is 4.35. The van der Waals surface area contributed by atoms with Crippen LogP contribution in [0.25, 0.3) is 27.8 Å². The number of nitrogens with one attached hydrogen (secondary N) is 1. The predicted octanol–water partition coefficient (Wildman–Crippen LogP) is 5.84. The number of aryl methyl sites for hydroxylation is 1. The summed E-state index contributed by atoms with van der Waals surface area (Å²) in [7, 11) is 4.63. The summed E-state index contributed by atoms with van der Waals surface area (Å²) in [6.07, 6.45) is 1.49. The molecule has 9 nitrogen and oxygen atoms in total. The van der Waals surface area contributed by atoms with Crippen molar-refractivity contribution in [3.05, 3.63) is 94.8 Å². The molecule has 0 saturated carbocycles. The SMILES string of the molecule is COc1cc(-c2cc(C(=O)NN=Cc3c(C)nn(-c4ccccc4)c3Cl)c3ccccc3n2)cc(OC)c1OC. The Balaban J connectivity index is 1.49. The number of nitrogens with zero attached hydrogens (tertiary/aromatic N) is 4. The van der Waals surface area contributed by atoms with Crippen LogP contribution in [0.3, 0.4) is 0 Å². The Morgan fingerprint density at radius 3 is 2.30 bits per heavy atom. The van der Waals surface area contributed by atoms with Crippen LogP contribution in [0.5, 0.6) is 17.2 Å². The average Bonchev–Trinajstić information content (AvgIpc) is 3.28. The van der Waals surface area contributed by atoms with Crippen LogP contribution in [0.1, 0.15) is 21.6 Å². The summed E-state index contributed by atoms with van der Waals surface area (Å²) in [5, 5.41) is 9.77. The molecule has 0 aliphatic carbocycles. The van der Waals surface area contributed by atoms with Crippen LogP contribution in [-0.2, 0) is 0 Å². The summed E-state index contributed by atoms with van der Waals surface area (Å²) in [5.41, 5.74) is 7.00. The smallest absolute Gasteiger partial charge is 0.272 e. The van der Waals surface area contributed by atoms with Gasteiger partial charge in [-0.1, -0.05) is 48.0 Å². The van der Waals surface area contributed by atoms with Gasteiger partial charge in [0.2, 0.25) is 5.75 Å². The highest BCUT2D eigenvalue weighted by atomic mass is 35.5. The van der Waals surface area contributed by atoms with E-state index < -0.39 is 5.91 Å². The van der Waals surface area contributed by atoms with E-state index in [0.717, 1.165) is 5.69 Å². The van der Waals surface area contributed by atoms with Gasteiger partial charge in [0.15, 0.2) is 11.5 Å². The topological polar surface area (TPSA) is 99.9 Å². The van der Waals surface area contributed by atoms with Crippen LogP contribution in [0.4, 0.5) is 0 Å². The third-order valence-electron chi connectivity index (χ3n) is 6.33. The second kappa shape index (κ2) is 11.5. The molecular weight excluding hydrogens is 530 g/mol. The normalized spacial score (nSPS) is 11.1. The van der Waals surface area contributed by atoms with Gasteiger partial charge in [0, 0.05) is 10.9 Å². The number of fused-ring (bicyclic) bond motifs is 1. The molecule has 10 heteroatoms. The van der Waals surface area contributed by atoms with Gasteiger partial charge < -0.3 is 14.2 Å². The number of hydrazone groups is 1. The van der Waals surface area contributed by atoms with E-state index >= 15 is 0 Å². The van der Waals surface area contributed by atoms with Gasteiger partial charge >= 0.3 is 0 Å². The van der Waals surface area contributed by atoms with Gasteiger partial charge in [0.1, 0.15) is 5.15 Å². The highest BCUT2D eigenvalue weighted by Gasteiger charge is 2.18. The largest absolute Gasteiger partial charge is 0.493 e. The molecule has 0 fully saturated rings. The Morgan fingerprint density at radius 1 is 0.950 bits per heavy atom. The lowest BCUT2D eigenvalue weighted by atomic mass is 10.0. The summed E-state index contributed by atoms with van der Waals surface area (Å²) in [4.78, 5) is 18.2. The summed E-state index contributed by atoms with van der Waals surface area (Å²) in [6.45, 7) is 1.83. The van der Waals surface area contributed by atoms with Crippen molar-refractivity contribution < 1.29 is 19.0 Å². The van der Waals surface area contributed by atoms with E-state index in [1.54, 1.807) is 44.2 Å². The first kappa shape index (κ1) is 26.7.